The van der Waals surface area contributed by atoms with Crippen molar-refractivity contribution in [3.05, 3.63) is 44.6 Å². The summed E-state index contributed by atoms with van der Waals surface area (Å²) < 4.78 is 27.7. The van der Waals surface area contributed by atoms with Gasteiger partial charge in [-0.05, 0) is 61.9 Å². The summed E-state index contributed by atoms with van der Waals surface area (Å²) in [5.41, 5.74) is 2.42. The summed E-state index contributed by atoms with van der Waals surface area (Å²) in [6.07, 6.45) is 0. The number of sulfonamides is 1. The van der Waals surface area contributed by atoms with Gasteiger partial charge in [-0.15, -0.1) is 11.3 Å². The summed E-state index contributed by atoms with van der Waals surface area (Å²) in [4.78, 5) is 12.1. The van der Waals surface area contributed by atoms with Gasteiger partial charge in [0.05, 0.1) is 11.3 Å². The van der Waals surface area contributed by atoms with Crippen molar-refractivity contribution in [1.29, 1.82) is 0 Å². The summed E-state index contributed by atoms with van der Waals surface area (Å²) in [5, 5.41) is 10.9. The van der Waals surface area contributed by atoms with Gasteiger partial charge in [0, 0.05) is 4.88 Å². The predicted molar refractivity (Wildman–Crippen MR) is 87.5 cm³/mol. The van der Waals surface area contributed by atoms with Gasteiger partial charge in [-0.2, -0.15) is 0 Å². The van der Waals surface area contributed by atoms with E-state index in [-0.39, 0.29) is 10.5 Å². The van der Waals surface area contributed by atoms with Gasteiger partial charge in [0.1, 0.15) is 4.90 Å². The number of nitrogens with one attached hydrogen (secondary N) is 1. The minimum atomic E-state index is -3.69. The van der Waals surface area contributed by atoms with Crippen molar-refractivity contribution in [3.63, 3.8) is 0 Å². The Morgan fingerprint density at radius 2 is 1.77 bits per heavy atom. The molecule has 0 amide bonds. The lowest BCUT2D eigenvalue weighted by atomic mass is 10.0. The van der Waals surface area contributed by atoms with Gasteiger partial charge in [-0.3, -0.25) is 4.72 Å². The van der Waals surface area contributed by atoms with Gasteiger partial charge < -0.3 is 5.11 Å². The summed E-state index contributed by atoms with van der Waals surface area (Å²) >= 11 is 1.39. The first kappa shape index (κ1) is 16.5. The number of aromatic carboxylic acids is 1. The lowest BCUT2D eigenvalue weighted by Gasteiger charge is -2.14. The number of carbonyl (C=O) groups is 1. The first-order valence-corrected chi connectivity index (χ1v) is 8.92. The molecule has 0 atom stereocenters. The molecule has 0 saturated heterocycles. The summed E-state index contributed by atoms with van der Waals surface area (Å²) in [6, 6.07) is 2.90. The molecule has 0 fully saturated rings. The molecule has 2 N–H and O–H groups in total. The normalized spacial score (nSPS) is 11.5. The Kier molecular flexibility index (Phi) is 4.30. The molecule has 22 heavy (non-hydrogen) atoms. The van der Waals surface area contributed by atoms with Crippen LogP contribution in [-0.4, -0.2) is 19.5 Å². The van der Waals surface area contributed by atoms with Crippen LogP contribution < -0.4 is 4.72 Å². The van der Waals surface area contributed by atoms with Crippen LogP contribution in [0.25, 0.3) is 0 Å². The molecule has 0 saturated carbocycles. The minimum Gasteiger partial charge on any atom is -0.478 e. The number of aryl methyl sites for hydroxylation is 2. The molecule has 0 aliphatic rings. The molecule has 1 aromatic heterocycles. The van der Waals surface area contributed by atoms with Gasteiger partial charge in [0.15, 0.2) is 0 Å². The largest absolute Gasteiger partial charge is 0.478 e. The highest BCUT2D eigenvalue weighted by Crippen LogP contribution is 2.30. The van der Waals surface area contributed by atoms with E-state index >= 15 is 0 Å². The third-order valence-corrected chi connectivity index (χ3v) is 6.43. The van der Waals surface area contributed by atoms with Gasteiger partial charge in [0.2, 0.25) is 0 Å². The van der Waals surface area contributed by atoms with Crippen LogP contribution >= 0.6 is 11.3 Å². The van der Waals surface area contributed by atoms with Gasteiger partial charge in [-0.1, -0.05) is 0 Å². The predicted octanol–water partition coefficient (Wildman–Crippen LogP) is 3.48. The monoisotopic (exact) mass is 339 g/mol. The van der Waals surface area contributed by atoms with E-state index in [2.05, 4.69) is 4.72 Å². The van der Waals surface area contributed by atoms with Gasteiger partial charge in [0.25, 0.3) is 10.0 Å². The number of carboxylic acid groups (broad SMARTS) is 1. The third kappa shape index (κ3) is 2.86. The molecule has 0 aliphatic heterocycles. The zero-order valence-corrected chi connectivity index (χ0v) is 14.4. The molecule has 0 radical (unpaired) electrons. The van der Waals surface area contributed by atoms with E-state index in [0.29, 0.717) is 22.4 Å². The smallest absolute Gasteiger partial charge is 0.335 e. The maximum Gasteiger partial charge on any atom is 0.335 e. The van der Waals surface area contributed by atoms with Crippen LogP contribution in [0.2, 0.25) is 0 Å². The lowest BCUT2D eigenvalue weighted by Crippen LogP contribution is -2.16. The second-order valence-electron chi connectivity index (χ2n) is 5.13. The highest BCUT2D eigenvalue weighted by Gasteiger charge is 2.22. The average Bonchev–Trinajstić information content (AvgIpc) is 2.74. The molecule has 118 valence electrons. The third-order valence-electron chi connectivity index (χ3n) is 3.62. The van der Waals surface area contributed by atoms with E-state index in [1.165, 1.54) is 23.5 Å². The van der Waals surface area contributed by atoms with Crippen LogP contribution in [0.3, 0.4) is 0 Å². The molecular weight excluding hydrogens is 322 g/mol. The first-order valence-electron chi connectivity index (χ1n) is 6.56. The van der Waals surface area contributed by atoms with Crippen LogP contribution in [0.5, 0.6) is 0 Å². The highest BCUT2D eigenvalue weighted by atomic mass is 32.2. The zero-order chi connectivity index (χ0) is 16.7. The van der Waals surface area contributed by atoms with Crippen LogP contribution in [0.1, 0.15) is 31.9 Å². The fraction of sp³-hybridized carbons (Fsp3) is 0.267. The Morgan fingerprint density at radius 3 is 2.27 bits per heavy atom. The summed E-state index contributed by atoms with van der Waals surface area (Å²) in [5.74, 6) is -1.03. The number of benzene rings is 1. The molecule has 0 bridgehead atoms. The second kappa shape index (κ2) is 5.73. The number of anilines is 1. The zero-order valence-electron chi connectivity index (χ0n) is 12.7. The van der Waals surface area contributed by atoms with E-state index in [0.717, 1.165) is 4.88 Å². The fourth-order valence-electron chi connectivity index (χ4n) is 2.32. The number of thiophene rings is 1. The van der Waals surface area contributed by atoms with E-state index in [9.17, 15) is 13.2 Å². The van der Waals surface area contributed by atoms with Crippen LogP contribution in [-0.2, 0) is 10.0 Å². The topological polar surface area (TPSA) is 83.5 Å². The Balaban J connectivity index is 2.48. The second-order valence-corrected chi connectivity index (χ2v) is 7.83. The lowest BCUT2D eigenvalue weighted by molar-refractivity contribution is 0.0696. The van der Waals surface area contributed by atoms with Crippen molar-refractivity contribution < 1.29 is 18.3 Å². The van der Waals surface area contributed by atoms with E-state index in [1.54, 1.807) is 33.1 Å². The number of hydrogen-bond acceptors (Lipinski definition) is 4. The summed E-state index contributed by atoms with van der Waals surface area (Å²) in [7, 11) is -3.69. The van der Waals surface area contributed by atoms with Crippen molar-refractivity contribution in [2.75, 3.05) is 4.72 Å². The average molecular weight is 339 g/mol. The van der Waals surface area contributed by atoms with Crippen molar-refractivity contribution >= 4 is 33.0 Å². The fourth-order valence-corrected chi connectivity index (χ4v) is 5.08. The SMILES string of the molecule is Cc1csc(C)c1S(=O)(=O)Nc1ccc(C(=O)O)c(C)c1C. The van der Waals surface area contributed by atoms with Crippen LogP contribution in [0.4, 0.5) is 5.69 Å². The molecule has 2 rings (SSSR count). The molecular formula is C15H17NO4S2. The van der Waals surface area contributed by atoms with Crippen molar-refractivity contribution in [1.82, 2.24) is 0 Å². The molecule has 5 nitrogen and oxygen atoms in total. The van der Waals surface area contributed by atoms with Crippen molar-refractivity contribution in [2.45, 2.75) is 32.6 Å². The number of rotatable bonds is 4. The molecule has 2 aromatic rings. The molecule has 0 unspecified atom stereocenters. The quantitative estimate of drug-likeness (QED) is 0.893. The Bertz CT molecular complexity index is 831. The number of hydrogen-bond donors (Lipinski definition) is 2. The van der Waals surface area contributed by atoms with Gasteiger partial charge >= 0.3 is 5.97 Å². The molecule has 7 heteroatoms. The van der Waals surface area contributed by atoms with E-state index < -0.39 is 16.0 Å². The first-order chi connectivity index (χ1) is 10.1. The maximum atomic E-state index is 12.6. The van der Waals surface area contributed by atoms with Gasteiger partial charge in [-0.25, -0.2) is 13.2 Å². The van der Waals surface area contributed by atoms with Crippen molar-refractivity contribution in [2.24, 2.45) is 0 Å². The number of carboxylic acids is 1. The Morgan fingerprint density at radius 1 is 1.14 bits per heavy atom. The van der Waals surface area contributed by atoms with Crippen molar-refractivity contribution in [3.8, 4) is 0 Å². The summed E-state index contributed by atoms with van der Waals surface area (Å²) in [6.45, 7) is 6.88. The van der Waals surface area contributed by atoms with E-state index in [4.69, 9.17) is 5.11 Å². The molecule has 0 aliphatic carbocycles. The highest BCUT2D eigenvalue weighted by molar-refractivity contribution is 7.93. The standard InChI is InChI=1S/C15H17NO4S2/c1-8-7-21-11(4)14(8)22(19,20)16-13-6-5-12(15(17)18)9(2)10(13)3/h5-7,16H,1-4H3,(H,17,18). The van der Waals surface area contributed by atoms with E-state index in [1.807, 2.05) is 0 Å². The minimum absolute atomic E-state index is 0.170. The molecule has 0 spiro atoms. The Labute approximate surface area is 133 Å². The maximum absolute atomic E-state index is 12.6. The van der Waals surface area contributed by atoms with Crippen LogP contribution in [0, 0.1) is 27.7 Å². The molecule has 1 aromatic carbocycles. The molecule has 1 heterocycles. The van der Waals surface area contributed by atoms with Crippen LogP contribution in [0.15, 0.2) is 22.4 Å². The Hall–Kier alpha value is -1.86.